The lowest BCUT2D eigenvalue weighted by atomic mass is 10.2. The molecule has 0 amide bonds. The van der Waals surface area contributed by atoms with Gasteiger partial charge in [0, 0.05) is 0 Å². The first kappa shape index (κ1) is 13.5. The number of rotatable bonds is 3. The van der Waals surface area contributed by atoms with E-state index in [2.05, 4.69) is 6.92 Å². The van der Waals surface area contributed by atoms with Crippen molar-refractivity contribution < 1.29 is 13.3 Å². The molecular formula is C13H21N2O2S+. The Morgan fingerprint density at radius 3 is 2.22 bits per heavy atom. The van der Waals surface area contributed by atoms with Crippen molar-refractivity contribution in [3.05, 3.63) is 29.8 Å². The number of aryl methyl sites for hydroxylation is 1. The molecule has 1 saturated heterocycles. The molecule has 0 aromatic heterocycles. The van der Waals surface area contributed by atoms with Crippen LogP contribution in [0.1, 0.15) is 12.5 Å². The molecule has 1 aliphatic rings. The first-order valence-electron chi connectivity index (χ1n) is 6.44. The predicted octanol–water partition coefficient (Wildman–Crippen LogP) is -0.0959. The van der Waals surface area contributed by atoms with E-state index in [-0.39, 0.29) is 0 Å². The minimum absolute atomic E-state index is 0.410. The highest BCUT2D eigenvalue weighted by Gasteiger charge is 2.29. The van der Waals surface area contributed by atoms with Gasteiger partial charge in [0.2, 0.25) is 10.0 Å². The molecule has 1 aromatic carbocycles. The van der Waals surface area contributed by atoms with E-state index in [4.69, 9.17) is 0 Å². The average Bonchev–Trinajstić information content (AvgIpc) is 2.39. The monoisotopic (exact) mass is 269 g/mol. The van der Waals surface area contributed by atoms with Gasteiger partial charge in [0.25, 0.3) is 0 Å². The summed E-state index contributed by atoms with van der Waals surface area (Å²) in [6, 6.07) is 7.09. The van der Waals surface area contributed by atoms with Gasteiger partial charge < -0.3 is 4.90 Å². The number of quaternary nitrogens is 1. The third kappa shape index (κ3) is 2.74. The molecule has 100 valence electrons. The summed E-state index contributed by atoms with van der Waals surface area (Å²) < 4.78 is 26.4. The zero-order valence-electron chi connectivity index (χ0n) is 11.0. The lowest BCUT2D eigenvalue weighted by molar-refractivity contribution is -0.901. The van der Waals surface area contributed by atoms with E-state index in [1.54, 1.807) is 16.4 Å². The Balaban J connectivity index is 2.15. The van der Waals surface area contributed by atoms with Gasteiger partial charge in [0.1, 0.15) is 0 Å². The fraction of sp³-hybridized carbons (Fsp3) is 0.538. The number of nitrogens with one attached hydrogen (secondary N) is 1. The third-order valence-corrected chi connectivity index (χ3v) is 5.50. The van der Waals surface area contributed by atoms with Crippen molar-refractivity contribution in [2.45, 2.75) is 18.7 Å². The number of hydrogen-bond donors (Lipinski definition) is 1. The predicted molar refractivity (Wildman–Crippen MR) is 71.2 cm³/mol. The Bertz CT molecular complexity index is 488. The first-order valence-corrected chi connectivity index (χ1v) is 7.88. The number of hydrogen-bond acceptors (Lipinski definition) is 2. The zero-order chi connectivity index (χ0) is 13.2. The van der Waals surface area contributed by atoms with Crippen LogP contribution in [0, 0.1) is 6.92 Å². The second-order valence-electron chi connectivity index (χ2n) is 4.82. The Labute approximate surface area is 109 Å². The van der Waals surface area contributed by atoms with Crippen LogP contribution >= 0.6 is 0 Å². The molecule has 18 heavy (non-hydrogen) atoms. The summed E-state index contributed by atoms with van der Waals surface area (Å²) in [5, 5.41) is 0. The van der Waals surface area contributed by atoms with Crippen molar-refractivity contribution in [3.63, 3.8) is 0 Å². The lowest BCUT2D eigenvalue weighted by Gasteiger charge is -2.30. The van der Waals surface area contributed by atoms with Crippen LogP contribution < -0.4 is 4.90 Å². The highest BCUT2D eigenvalue weighted by Crippen LogP contribution is 2.16. The van der Waals surface area contributed by atoms with E-state index in [0.29, 0.717) is 18.0 Å². The van der Waals surface area contributed by atoms with Gasteiger partial charge in [0.05, 0.1) is 37.6 Å². The van der Waals surface area contributed by atoms with Gasteiger partial charge in [-0.05, 0) is 26.0 Å². The Kier molecular flexibility index (Phi) is 4.04. The Morgan fingerprint density at radius 1 is 1.17 bits per heavy atom. The van der Waals surface area contributed by atoms with Crippen molar-refractivity contribution in [1.82, 2.24) is 4.31 Å². The van der Waals surface area contributed by atoms with E-state index in [1.165, 1.54) is 4.90 Å². The number of benzene rings is 1. The SMILES string of the molecule is CC[NH+]1CCN(S(=O)(=O)c2ccc(C)cc2)CC1. The minimum atomic E-state index is -3.29. The van der Waals surface area contributed by atoms with Crippen LogP contribution in [0.25, 0.3) is 0 Å². The summed E-state index contributed by atoms with van der Waals surface area (Å²) in [4.78, 5) is 1.89. The van der Waals surface area contributed by atoms with E-state index in [0.717, 1.165) is 25.2 Å². The molecule has 1 N–H and O–H groups in total. The second kappa shape index (κ2) is 5.38. The van der Waals surface area contributed by atoms with Gasteiger partial charge in [-0.2, -0.15) is 4.31 Å². The molecule has 0 saturated carbocycles. The van der Waals surface area contributed by atoms with E-state index < -0.39 is 10.0 Å². The van der Waals surface area contributed by atoms with Gasteiger partial charge in [-0.3, -0.25) is 0 Å². The molecule has 4 nitrogen and oxygen atoms in total. The van der Waals surface area contributed by atoms with Crippen LogP contribution in [0.15, 0.2) is 29.2 Å². The number of sulfonamides is 1. The Morgan fingerprint density at radius 2 is 1.72 bits per heavy atom. The van der Waals surface area contributed by atoms with Crippen LogP contribution in [-0.2, 0) is 10.0 Å². The average molecular weight is 269 g/mol. The number of likely N-dealkylation sites (N-methyl/N-ethyl adjacent to an activating group) is 1. The normalized spacial score (nSPS) is 19.0. The topological polar surface area (TPSA) is 41.8 Å². The molecule has 1 fully saturated rings. The third-order valence-electron chi connectivity index (χ3n) is 3.59. The van der Waals surface area contributed by atoms with E-state index in [1.807, 2.05) is 19.1 Å². The quantitative estimate of drug-likeness (QED) is 0.833. The van der Waals surface area contributed by atoms with Crippen molar-refractivity contribution in [1.29, 1.82) is 0 Å². The van der Waals surface area contributed by atoms with Gasteiger partial charge >= 0.3 is 0 Å². The minimum Gasteiger partial charge on any atom is -0.333 e. The second-order valence-corrected chi connectivity index (χ2v) is 6.76. The summed E-state index contributed by atoms with van der Waals surface area (Å²) in [7, 11) is -3.29. The molecule has 1 aromatic rings. The van der Waals surface area contributed by atoms with Gasteiger partial charge in [-0.1, -0.05) is 17.7 Å². The van der Waals surface area contributed by atoms with Crippen molar-refractivity contribution in [3.8, 4) is 0 Å². The van der Waals surface area contributed by atoms with Crippen LogP contribution in [0.3, 0.4) is 0 Å². The van der Waals surface area contributed by atoms with Crippen molar-refractivity contribution in [2.24, 2.45) is 0 Å². The van der Waals surface area contributed by atoms with Gasteiger partial charge in [-0.25, -0.2) is 8.42 Å². The molecule has 0 bridgehead atoms. The Hall–Kier alpha value is -0.910. The van der Waals surface area contributed by atoms with Crippen LogP contribution in [-0.4, -0.2) is 45.4 Å². The molecule has 0 atom stereocenters. The van der Waals surface area contributed by atoms with E-state index in [9.17, 15) is 8.42 Å². The van der Waals surface area contributed by atoms with Crippen molar-refractivity contribution in [2.75, 3.05) is 32.7 Å². The lowest BCUT2D eigenvalue weighted by Crippen LogP contribution is -3.14. The highest BCUT2D eigenvalue weighted by atomic mass is 32.2. The summed E-state index contributed by atoms with van der Waals surface area (Å²) in [5.74, 6) is 0. The van der Waals surface area contributed by atoms with E-state index >= 15 is 0 Å². The molecule has 5 heteroatoms. The molecular weight excluding hydrogens is 248 g/mol. The van der Waals surface area contributed by atoms with Crippen LogP contribution in [0.2, 0.25) is 0 Å². The maximum Gasteiger partial charge on any atom is 0.243 e. The number of piperazine rings is 1. The first-order chi connectivity index (χ1) is 8.54. The molecule has 0 aliphatic carbocycles. The summed E-state index contributed by atoms with van der Waals surface area (Å²) >= 11 is 0. The highest BCUT2D eigenvalue weighted by molar-refractivity contribution is 7.89. The van der Waals surface area contributed by atoms with Crippen LogP contribution in [0.4, 0.5) is 0 Å². The molecule has 0 unspecified atom stereocenters. The van der Waals surface area contributed by atoms with Crippen LogP contribution in [0.5, 0.6) is 0 Å². The molecule has 2 rings (SSSR count). The largest absolute Gasteiger partial charge is 0.333 e. The summed E-state index contributed by atoms with van der Waals surface area (Å²) in [5.41, 5.74) is 1.08. The fourth-order valence-electron chi connectivity index (χ4n) is 2.26. The standard InChI is InChI=1S/C13H20N2O2S/c1-3-14-8-10-15(11-9-14)18(16,17)13-6-4-12(2)5-7-13/h4-7H,3,8-11H2,1-2H3/p+1. The summed E-state index contributed by atoms with van der Waals surface area (Å²) in [6.45, 7) is 8.22. The molecule has 1 aliphatic heterocycles. The van der Waals surface area contributed by atoms with Gasteiger partial charge in [0.15, 0.2) is 0 Å². The smallest absolute Gasteiger partial charge is 0.243 e. The number of nitrogens with zero attached hydrogens (tertiary/aromatic N) is 1. The molecule has 1 heterocycles. The van der Waals surface area contributed by atoms with Gasteiger partial charge in [-0.15, -0.1) is 0 Å². The maximum atomic E-state index is 12.4. The summed E-state index contributed by atoms with van der Waals surface area (Å²) in [6.07, 6.45) is 0. The maximum absolute atomic E-state index is 12.4. The fourth-order valence-corrected chi connectivity index (χ4v) is 3.70. The van der Waals surface area contributed by atoms with Crippen molar-refractivity contribution >= 4 is 10.0 Å². The molecule has 0 radical (unpaired) electrons. The molecule has 0 spiro atoms. The zero-order valence-corrected chi connectivity index (χ0v) is 11.8.